The van der Waals surface area contributed by atoms with E-state index in [4.69, 9.17) is 4.63 Å². The standard InChI is InChI=1S/C13H15N5O/c1-9-11(6-14-15-9)8-18(2)7-10-4-3-5-12-13(10)17-19-16-12/h3-6H,7-8H2,1-2H3,(H,14,15). The molecule has 0 aliphatic rings. The van der Waals surface area contributed by atoms with Gasteiger partial charge in [-0.3, -0.25) is 10.00 Å². The number of nitrogens with zero attached hydrogens (tertiary/aromatic N) is 4. The number of aryl methyl sites for hydroxylation is 1. The van der Waals surface area contributed by atoms with Crippen LogP contribution in [0.1, 0.15) is 16.8 Å². The van der Waals surface area contributed by atoms with E-state index in [0.717, 1.165) is 35.4 Å². The molecule has 2 heterocycles. The van der Waals surface area contributed by atoms with Crippen molar-refractivity contribution < 1.29 is 4.63 Å². The minimum atomic E-state index is 0.788. The van der Waals surface area contributed by atoms with Gasteiger partial charge < -0.3 is 0 Å². The lowest BCUT2D eigenvalue weighted by Crippen LogP contribution is -2.17. The molecule has 0 saturated heterocycles. The van der Waals surface area contributed by atoms with E-state index in [2.05, 4.69) is 32.5 Å². The first kappa shape index (κ1) is 11.9. The van der Waals surface area contributed by atoms with Gasteiger partial charge in [0.25, 0.3) is 0 Å². The number of hydrogen-bond acceptors (Lipinski definition) is 5. The Kier molecular flexibility index (Phi) is 3.00. The van der Waals surface area contributed by atoms with Crippen LogP contribution in [0.3, 0.4) is 0 Å². The van der Waals surface area contributed by atoms with Crippen LogP contribution in [0.4, 0.5) is 0 Å². The van der Waals surface area contributed by atoms with Crippen molar-refractivity contribution >= 4 is 11.0 Å². The van der Waals surface area contributed by atoms with Gasteiger partial charge in [-0.25, -0.2) is 4.63 Å². The highest BCUT2D eigenvalue weighted by Gasteiger charge is 2.10. The van der Waals surface area contributed by atoms with Gasteiger partial charge in [-0.15, -0.1) is 0 Å². The fourth-order valence-corrected chi connectivity index (χ4v) is 2.16. The van der Waals surface area contributed by atoms with Crippen LogP contribution < -0.4 is 0 Å². The van der Waals surface area contributed by atoms with Crippen LogP contribution >= 0.6 is 0 Å². The molecule has 0 saturated carbocycles. The molecule has 3 rings (SSSR count). The van der Waals surface area contributed by atoms with Gasteiger partial charge in [-0.1, -0.05) is 12.1 Å². The molecule has 0 atom stereocenters. The highest BCUT2D eigenvalue weighted by Crippen LogP contribution is 2.17. The van der Waals surface area contributed by atoms with Gasteiger partial charge in [0.1, 0.15) is 11.0 Å². The second-order valence-corrected chi connectivity index (χ2v) is 4.74. The molecule has 0 aliphatic carbocycles. The molecule has 0 bridgehead atoms. The maximum absolute atomic E-state index is 4.78. The number of rotatable bonds is 4. The average molecular weight is 257 g/mol. The fourth-order valence-electron chi connectivity index (χ4n) is 2.16. The zero-order valence-electron chi connectivity index (χ0n) is 10.9. The van der Waals surface area contributed by atoms with Crippen LogP contribution in [0.5, 0.6) is 0 Å². The topological polar surface area (TPSA) is 70.8 Å². The maximum atomic E-state index is 4.78. The van der Waals surface area contributed by atoms with E-state index in [1.165, 1.54) is 5.56 Å². The summed E-state index contributed by atoms with van der Waals surface area (Å²) in [4.78, 5) is 2.21. The van der Waals surface area contributed by atoms with Crippen LogP contribution in [0.25, 0.3) is 11.0 Å². The monoisotopic (exact) mass is 257 g/mol. The number of H-pyrrole nitrogens is 1. The van der Waals surface area contributed by atoms with Crippen molar-refractivity contribution in [3.8, 4) is 0 Å². The summed E-state index contributed by atoms with van der Waals surface area (Å²) in [5, 5.41) is 14.8. The maximum Gasteiger partial charge on any atom is 0.139 e. The Morgan fingerprint density at radius 2 is 2.05 bits per heavy atom. The molecule has 98 valence electrons. The zero-order valence-corrected chi connectivity index (χ0v) is 10.9. The van der Waals surface area contributed by atoms with E-state index in [0.29, 0.717) is 0 Å². The van der Waals surface area contributed by atoms with Gasteiger partial charge in [0.15, 0.2) is 0 Å². The van der Waals surface area contributed by atoms with E-state index in [-0.39, 0.29) is 0 Å². The molecule has 0 amide bonds. The molecule has 2 aromatic heterocycles. The minimum absolute atomic E-state index is 0.788. The summed E-state index contributed by atoms with van der Waals surface area (Å²) in [7, 11) is 2.07. The summed E-state index contributed by atoms with van der Waals surface area (Å²) >= 11 is 0. The Bertz CT molecular complexity index is 687. The summed E-state index contributed by atoms with van der Waals surface area (Å²) in [6.45, 7) is 3.65. The molecule has 6 nitrogen and oxygen atoms in total. The number of aromatic nitrogens is 4. The van der Waals surface area contributed by atoms with Gasteiger partial charge >= 0.3 is 0 Å². The first-order valence-electron chi connectivity index (χ1n) is 6.11. The summed E-state index contributed by atoms with van der Waals surface area (Å²) in [6, 6.07) is 5.92. The first-order chi connectivity index (χ1) is 9.24. The number of aromatic amines is 1. The van der Waals surface area contributed by atoms with E-state index >= 15 is 0 Å². The van der Waals surface area contributed by atoms with Gasteiger partial charge in [0, 0.05) is 24.3 Å². The van der Waals surface area contributed by atoms with Crippen LogP contribution in [-0.4, -0.2) is 32.5 Å². The molecular formula is C13H15N5O. The van der Waals surface area contributed by atoms with E-state index < -0.39 is 0 Å². The smallest absolute Gasteiger partial charge is 0.139 e. The number of hydrogen-bond donors (Lipinski definition) is 1. The molecule has 6 heteroatoms. The second-order valence-electron chi connectivity index (χ2n) is 4.74. The van der Waals surface area contributed by atoms with Crippen molar-refractivity contribution in [2.45, 2.75) is 20.0 Å². The molecule has 0 fully saturated rings. The summed E-state index contributed by atoms with van der Waals surface area (Å²) in [5.41, 5.74) is 5.05. The van der Waals surface area contributed by atoms with Crippen molar-refractivity contribution in [3.05, 3.63) is 41.2 Å². The number of fused-ring (bicyclic) bond motifs is 1. The molecule has 3 aromatic rings. The van der Waals surface area contributed by atoms with Gasteiger partial charge in [0.05, 0.1) is 6.20 Å². The van der Waals surface area contributed by atoms with Crippen LogP contribution in [0.2, 0.25) is 0 Å². The third-order valence-electron chi connectivity index (χ3n) is 3.18. The highest BCUT2D eigenvalue weighted by atomic mass is 16.6. The second kappa shape index (κ2) is 4.81. The van der Waals surface area contributed by atoms with E-state index in [9.17, 15) is 0 Å². The lowest BCUT2D eigenvalue weighted by atomic mass is 10.1. The van der Waals surface area contributed by atoms with Crippen molar-refractivity contribution in [3.63, 3.8) is 0 Å². The van der Waals surface area contributed by atoms with Crippen molar-refractivity contribution in [1.82, 2.24) is 25.4 Å². The van der Waals surface area contributed by atoms with E-state index in [1.807, 2.05) is 31.3 Å². The largest absolute Gasteiger partial charge is 0.298 e. The van der Waals surface area contributed by atoms with Crippen LogP contribution in [-0.2, 0) is 13.1 Å². The summed E-state index contributed by atoms with van der Waals surface area (Å²) in [5.74, 6) is 0. The predicted octanol–water partition coefficient (Wildman–Crippen LogP) is 1.89. The molecule has 1 aromatic carbocycles. The fraction of sp³-hybridized carbons (Fsp3) is 0.308. The van der Waals surface area contributed by atoms with Gasteiger partial charge in [-0.05, 0) is 35.9 Å². The lowest BCUT2D eigenvalue weighted by molar-refractivity contribution is 0.310. The number of nitrogens with one attached hydrogen (secondary N) is 1. The Labute approximate surface area is 110 Å². The Hall–Kier alpha value is -2.21. The zero-order chi connectivity index (χ0) is 13.2. The lowest BCUT2D eigenvalue weighted by Gasteiger charge is -2.16. The molecule has 0 radical (unpaired) electrons. The Morgan fingerprint density at radius 3 is 2.84 bits per heavy atom. The van der Waals surface area contributed by atoms with Crippen LogP contribution in [0.15, 0.2) is 29.0 Å². The third kappa shape index (κ3) is 2.34. The van der Waals surface area contributed by atoms with Crippen molar-refractivity contribution in [1.29, 1.82) is 0 Å². The summed E-state index contributed by atoms with van der Waals surface area (Å²) in [6.07, 6.45) is 1.87. The molecule has 0 spiro atoms. The average Bonchev–Trinajstić information content (AvgIpc) is 3.00. The van der Waals surface area contributed by atoms with Crippen molar-refractivity contribution in [2.24, 2.45) is 0 Å². The van der Waals surface area contributed by atoms with Crippen LogP contribution in [0, 0.1) is 6.92 Å². The van der Waals surface area contributed by atoms with Gasteiger partial charge in [0.2, 0.25) is 0 Å². The molecule has 1 N–H and O–H groups in total. The molecule has 0 aliphatic heterocycles. The quantitative estimate of drug-likeness (QED) is 0.772. The minimum Gasteiger partial charge on any atom is -0.298 e. The third-order valence-corrected chi connectivity index (χ3v) is 3.18. The molecule has 0 unspecified atom stereocenters. The Morgan fingerprint density at radius 1 is 1.21 bits per heavy atom. The van der Waals surface area contributed by atoms with Gasteiger partial charge in [-0.2, -0.15) is 5.10 Å². The number of benzene rings is 1. The highest BCUT2D eigenvalue weighted by molar-refractivity contribution is 5.76. The predicted molar refractivity (Wildman–Crippen MR) is 70.3 cm³/mol. The summed E-state index contributed by atoms with van der Waals surface area (Å²) < 4.78 is 4.78. The SMILES string of the molecule is Cc1[nH]ncc1CN(C)Cc1cccc2nonc12. The first-order valence-corrected chi connectivity index (χ1v) is 6.11. The molecular weight excluding hydrogens is 242 g/mol. The molecule has 19 heavy (non-hydrogen) atoms. The van der Waals surface area contributed by atoms with E-state index in [1.54, 1.807) is 0 Å². The Balaban J connectivity index is 1.77. The normalized spacial score (nSPS) is 11.5. The van der Waals surface area contributed by atoms with Crippen molar-refractivity contribution in [2.75, 3.05) is 7.05 Å².